The first-order valence-corrected chi connectivity index (χ1v) is 4.99. The van der Waals surface area contributed by atoms with Crippen molar-refractivity contribution in [3.05, 3.63) is 42.1 Å². The first kappa shape index (κ1) is 11.0. The van der Waals surface area contributed by atoms with Crippen molar-refractivity contribution >= 4 is 17.7 Å². The second-order valence-corrected chi connectivity index (χ2v) is 3.35. The maximum atomic E-state index is 11.4. The van der Waals surface area contributed by atoms with Crippen LogP contribution in [0.4, 0.5) is 10.5 Å². The van der Waals surface area contributed by atoms with E-state index in [1.165, 1.54) is 6.08 Å². The fourth-order valence-corrected chi connectivity index (χ4v) is 1.27. The van der Waals surface area contributed by atoms with Gasteiger partial charge in [-0.25, -0.2) is 9.59 Å². The van der Waals surface area contributed by atoms with Crippen molar-refractivity contribution in [1.82, 2.24) is 10.9 Å². The summed E-state index contributed by atoms with van der Waals surface area (Å²) < 4.78 is 4.65. The van der Waals surface area contributed by atoms with Crippen LogP contribution in [0, 0.1) is 0 Å². The number of rotatable bonds is 3. The number of nitrogens with one attached hydrogen (secondary N) is 3. The van der Waals surface area contributed by atoms with E-state index in [4.69, 9.17) is 0 Å². The van der Waals surface area contributed by atoms with Gasteiger partial charge in [-0.3, -0.25) is 10.9 Å². The van der Waals surface area contributed by atoms with Gasteiger partial charge in [0.25, 0.3) is 0 Å². The minimum absolute atomic E-state index is 0.143. The molecule has 0 radical (unpaired) electrons. The van der Waals surface area contributed by atoms with Crippen molar-refractivity contribution in [3.63, 3.8) is 0 Å². The van der Waals surface area contributed by atoms with Crippen molar-refractivity contribution in [1.29, 1.82) is 0 Å². The molecule has 0 aromatic heterocycles. The van der Waals surface area contributed by atoms with Gasteiger partial charge in [-0.05, 0) is 12.1 Å². The number of cyclic esters (lactones) is 1. The van der Waals surface area contributed by atoms with Crippen LogP contribution in [0.3, 0.4) is 0 Å². The highest BCUT2D eigenvalue weighted by Gasteiger charge is 2.12. The minimum Gasteiger partial charge on any atom is -0.456 e. The number of amides is 2. The van der Waals surface area contributed by atoms with Crippen molar-refractivity contribution in [2.75, 3.05) is 11.9 Å². The standard InChI is InChI=1S/C11H11N3O3/c15-10-6-9(7-17-10)13-14-11(16)12-8-4-2-1-3-5-8/h1-6,13H,7H2,(H2,12,14,16). The van der Waals surface area contributed by atoms with Crippen LogP contribution in [-0.4, -0.2) is 18.6 Å². The molecule has 2 rings (SSSR count). The van der Waals surface area contributed by atoms with Gasteiger partial charge in [0.15, 0.2) is 0 Å². The van der Waals surface area contributed by atoms with Crippen LogP contribution in [0.5, 0.6) is 0 Å². The summed E-state index contributed by atoms with van der Waals surface area (Å²) in [7, 11) is 0. The fourth-order valence-electron chi connectivity index (χ4n) is 1.27. The fraction of sp³-hybridized carbons (Fsp3) is 0.0909. The van der Waals surface area contributed by atoms with Gasteiger partial charge in [0.1, 0.15) is 6.61 Å². The molecule has 88 valence electrons. The summed E-state index contributed by atoms with van der Waals surface area (Å²) in [5.41, 5.74) is 6.17. The Bertz CT molecular complexity index is 456. The van der Waals surface area contributed by atoms with Crippen LogP contribution in [0.25, 0.3) is 0 Å². The van der Waals surface area contributed by atoms with Crippen LogP contribution in [0.1, 0.15) is 0 Å². The zero-order valence-electron chi connectivity index (χ0n) is 8.90. The Morgan fingerprint density at radius 2 is 2.00 bits per heavy atom. The van der Waals surface area contributed by atoms with E-state index in [0.717, 1.165) is 0 Å². The van der Waals surface area contributed by atoms with Crippen LogP contribution < -0.4 is 16.2 Å². The SMILES string of the molecule is O=C(NNC1=CC(=O)OC1)Nc1ccccc1. The van der Waals surface area contributed by atoms with Gasteiger partial charge in [-0.1, -0.05) is 18.2 Å². The monoisotopic (exact) mass is 233 g/mol. The number of esters is 1. The van der Waals surface area contributed by atoms with Gasteiger partial charge in [0, 0.05) is 11.8 Å². The summed E-state index contributed by atoms with van der Waals surface area (Å²) in [6.45, 7) is 0.143. The summed E-state index contributed by atoms with van der Waals surface area (Å²) >= 11 is 0. The largest absolute Gasteiger partial charge is 0.456 e. The second-order valence-electron chi connectivity index (χ2n) is 3.35. The van der Waals surface area contributed by atoms with E-state index in [0.29, 0.717) is 11.4 Å². The molecule has 17 heavy (non-hydrogen) atoms. The Labute approximate surface area is 97.6 Å². The smallest absolute Gasteiger partial charge is 0.337 e. The lowest BCUT2D eigenvalue weighted by Gasteiger charge is -2.09. The summed E-state index contributed by atoms with van der Waals surface area (Å²) in [6.07, 6.45) is 1.28. The van der Waals surface area contributed by atoms with E-state index in [-0.39, 0.29) is 6.61 Å². The normalized spacial score (nSPS) is 13.6. The molecular formula is C11H11N3O3. The number of carbonyl (C=O) groups excluding carboxylic acids is 2. The molecule has 1 aliphatic heterocycles. The predicted octanol–water partition coefficient (Wildman–Crippen LogP) is 0.753. The van der Waals surface area contributed by atoms with Crippen LogP contribution in [0.15, 0.2) is 42.1 Å². The second kappa shape index (κ2) is 5.02. The van der Waals surface area contributed by atoms with Crippen LogP contribution in [0.2, 0.25) is 0 Å². The molecule has 1 heterocycles. The Morgan fingerprint density at radius 3 is 2.65 bits per heavy atom. The topological polar surface area (TPSA) is 79.5 Å². The molecule has 0 saturated carbocycles. The number of hydrogen-bond donors (Lipinski definition) is 3. The molecule has 3 N–H and O–H groups in total. The van der Waals surface area contributed by atoms with Crippen molar-refractivity contribution in [2.45, 2.75) is 0 Å². The highest BCUT2D eigenvalue weighted by molar-refractivity contribution is 5.89. The minimum atomic E-state index is -0.420. The molecule has 0 atom stereocenters. The molecule has 1 aromatic carbocycles. The Hall–Kier alpha value is -2.50. The van der Waals surface area contributed by atoms with Gasteiger partial charge in [0.2, 0.25) is 0 Å². The summed E-state index contributed by atoms with van der Waals surface area (Å²) in [5, 5.41) is 2.61. The molecule has 0 spiro atoms. The Morgan fingerprint density at radius 1 is 1.24 bits per heavy atom. The molecule has 1 aromatic rings. The molecule has 0 fully saturated rings. The average Bonchev–Trinajstić information content (AvgIpc) is 2.74. The number of ether oxygens (including phenoxy) is 1. The number of para-hydroxylation sites is 1. The van der Waals surface area contributed by atoms with Gasteiger partial charge in [-0.15, -0.1) is 0 Å². The zero-order valence-corrected chi connectivity index (χ0v) is 8.90. The van der Waals surface area contributed by atoms with E-state index in [2.05, 4.69) is 20.9 Å². The van der Waals surface area contributed by atoms with Crippen LogP contribution in [-0.2, 0) is 9.53 Å². The molecular weight excluding hydrogens is 222 g/mol. The zero-order chi connectivity index (χ0) is 12.1. The van der Waals surface area contributed by atoms with E-state index in [9.17, 15) is 9.59 Å². The number of benzene rings is 1. The van der Waals surface area contributed by atoms with Gasteiger partial charge in [0.05, 0.1) is 5.70 Å². The van der Waals surface area contributed by atoms with E-state index < -0.39 is 12.0 Å². The lowest BCUT2D eigenvalue weighted by molar-refractivity contribution is -0.134. The maximum absolute atomic E-state index is 11.4. The highest BCUT2D eigenvalue weighted by Crippen LogP contribution is 2.04. The molecule has 2 amide bonds. The highest BCUT2D eigenvalue weighted by atomic mass is 16.5. The summed E-state index contributed by atoms with van der Waals surface area (Å²) in [6, 6.07) is 8.59. The number of urea groups is 1. The molecule has 0 unspecified atom stereocenters. The van der Waals surface area contributed by atoms with Gasteiger partial charge in [-0.2, -0.15) is 0 Å². The molecule has 0 saturated heterocycles. The van der Waals surface area contributed by atoms with Gasteiger partial charge >= 0.3 is 12.0 Å². The maximum Gasteiger partial charge on any atom is 0.337 e. The molecule has 0 bridgehead atoms. The molecule has 6 nitrogen and oxygen atoms in total. The third-order valence-electron chi connectivity index (χ3n) is 2.03. The van der Waals surface area contributed by atoms with Crippen LogP contribution >= 0.6 is 0 Å². The quantitative estimate of drug-likeness (QED) is 0.531. The molecule has 0 aliphatic carbocycles. The van der Waals surface area contributed by atoms with Crippen molar-refractivity contribution < 1.29 is 14.3 Å². The lowest BCUT2D eigenvalue weighted by atomic mass is 10.3. The number of carbonyl (C=O) groups is 2. The van der Waals surface area contributed by atoms with E-state index in [1.807, 2.05) is 18.2 Å². The number of hydrogen-bond acceptors (Lipinski definition) is 4. The number of hydrazine groups is 1. The third kappa shape index (κ3) is 3.23. The Balaban J connectivity index is 1.79. The first-order valence-electron chi connectivity index (χ1n) is 4.99. The predicted molar refractivity (Wildman–Crippen MR) is 60.8 cm³/mol. The molecule has 1 aliphatic rings. The average molecular weight is 233 g/mol. The lowest BCUT2D eigenvalue weighted by Crippen LogP contribution is -2.40. The first-order chi connectivity index (χ1) is 8.24. The Kier molecular flexibility index (Phi) is 3.25. The molecule has 6 heteroatoms. The van der Waals surface area contributed by atoms with Crippen molar-refractivity contribution in [2.24, 2.45) is 0 Å². The summed E-state index contributed by atoms with van der Waals surface area (Å²) in [4.78, 5) is 22.1. The number of anilines is 1. The van der Waals surface area contributed by atoms with E-state index in [1.54, 1.807) is 12.1 Å². The van der Waals surface area contributed by atoms with E-state index >= 15 is 0 Å². The third-order valence-corrected chi connectivity index (χ3v) is 2.03. The van der Waals surface area contributed by atoms with Crippen molar-refractivity contribution in [3.8, 4) is 0 Å². The van der Waals surface area contributed by atoms with Gasteiger partial charge < -0.3 is 10.1 Å². The summed E-state index contributed by atoms with van der Waals surface area (Å²) in [5.74, 6) is -0.419.